The van der Waals surface area contributed by atoms with Gasteiger partial charge in [0.15, 0.2) is 0 Å². The highest BCUT2D eigenvalue weighted by Gasteiger charge is 2.17. The van der Waals surface area contributed by atoms with E-state index >= 15 is 0 Å². The van der Waals surface area contributed by atoms with Crippen molar-refractivity contribution in [1.82, 2.24) is 15.4 Å². The number of urea groups is 1. The van der Waals surface area contributed by atoms with Crippen LogP contribution in [0.1, 0.15) is 25.5 Å². The number of rotatable bonds is 7. The summed E-state index contributed by atoms with van der Waals surface area (Å²) >= 11 is 0. The maximum atomic E-state index is 11.9. The van der Waals surface area contributed by atoms with Crippen molar-refractivity contribution in [3.63, 3.8) is 0 Å². The molecule has 7 heteroatoms. The molecule has 0 radical (unpaired) electrons. The van der Waals surface area contributed by atoms with Crippen molar-refractivity contribution < 1.29 is 13.2 Å². The van der Waals surface area contributed by atoms with Crippen LogP contribution in [0.5, 0.6) is 0 Å². The molecule has 118 valence electrons. The molecule has 3 N–H and O–H groups in total. The SMILES string of the molecule is CC(C)C(NC(=O)NCCNS(C)(=O)=O)c1ccccc1. The molecule has 0 aliphatic carbocycles. The van der Waals surface area contributed by atoms with Crippen molar-refractivity contribution in [2.75, 3.05) is 19.3 Å². The van der Waals surface area contributed by atoms with Crippen molar-refractivity contribution in [2.24, 2.45) is 5.92 Å². The van der Waals surface area contributed by atoms with E-state index in [-0.39, 0.29) is 31.1 Å². The quantitative estimate of drug-likeness (QED) is 0.662. The largest absolute Gasteiger partial charge is 0.337 e. The zero-order valence-electron chi connectivity index (χ0n) is 12.6. The van der Waals surface area contributed by atoms with Gasteiger partial charge in [0, 0.05) is 13.1 Å². The summed E-state index contributed by atoms with van der Waals surface area (Å²) in [5.74, 6) is 0.243. The van der Waals surface area contributed by atoms with Crippen LogP contribution >= 0.6 is 0 Å². The lowest BCUT2D eigenvalue weighted by molar-refractivity contribution is 0.233. The Morgan fingerprint density at radius 3 is 2.29 bits per heavy atom. The van der Waals surface area contributed by atoms with E-state index in [1.807, 2.05) is 44.2 Å². The van der Waals surface area contributed by atoms with Crippen LogP contribution in [-0.4, -0.2) is 33.8 Å². The number of hydrogen-bond acceptors (Lipinski definition) is 3. The minimum Gasteiger partial charge on any atom is -0.337 e. The highest BCUT2D eigenvalue weighted by atomic mass is 32.2. The van der Waals surface area contributed by atoms with Crippen LogP contribution in [0, 0.1) is 5.92 Å². The van der Waals surface area contributed by atoms with Gasteiger partial charge < -0.3 is 10.6 Å². The van der Waals surface area contributed by atoms with Crippen LogP contribution in [0.4, 0.5) is 4.79 Å². The first-order chi connectivity index (χ1) is 9.79. The van der Waals surface area contributed by atoms with Crippen molar-refractivity contribution in [1.29, 1.82) is 0 Å². The predicted molar refractivity (Wildman–Crippen MR) is 83.4 cm³/mol. The molecule has 0 saturated carbocycles. The molecule has 0 aromatic heterocycles. The first kappa shape index (κ1) is 17.5. The molecule has 21 heavy (non-hydrogen) atoms. The average molecular weight is 313 g/mol. The second-order valence-electron chi connectivity index (χ2n) is 5.20. The zero-order valence-corrected chi connectivity index (χ0v) is 13.4. The van der Waals surface area contributed by atoms with Crippen LogP contribution in [0.3, 0.4) is 0 Å². The number of carbonyl (C=O) groups is 1. The van der Waals surface area contributed by atoms with E-state index in [9.17, 15) is 13.2 Å². The lowest BCUT2D eigenvalue weighted by atomic mass is 9.96. The Hall–Kier alpha value is -1.60. The maximum absolute atomic E-state index is 11.9. The molecular formula is C14H23N3O3S. The van der Waals surface area contributed by atoms with Gasteiger partial charge in [0.1, 0.15) is 0 Å². The number of nitrogens with one attached hydrogen (secondary N) is 3. The molecule has 1 unspecified atom stereocenters. The third-order valence-electron chi connectivity index (χ3n) is 2.89. The third-order valence-corrected chi connectivity index (χ3v) is 3.62. The summed E-state index contributed by atoms with van der Waals surface area (Å²) in [4.78, 5) is 11.9. The first-order valence-corrected chi connectivity index (χ1v) is 8.72. The van der Waals surface area contributed by atoms with Gasteiger partial charge in [-0.1, -0.05) is 44.2 Å². The minimum atomic E-state index is -3.22. The highest BCUT2D eigenvalue weighted by Crippen LogP contribution is 2.20. The second kappa shape index (κ2) is 7.99. The number of hydrogen-bond donors (Lipinski definition) is 3. The lowest BCUT2D eigenvalue weighted by Gasteiger charge is -2.23. The van der Waals surface area contributed by atoms with Gasteiger partial charge in [0.25, 0.3) is 0 Å². The van der Waals surface area contributed by atoms with Crippen LogP contribution in [0.25, 0.3) is 0 Å². The van der Waals surface area contributed by atoms with Crippen molar-refractivity contribution >= 4 is 16.1 Å². The van der Waals surface area contributed by atoms with Gasteiger partial charge in [0.2, 0.25) is 10.0 Å². The summed E-state index contributed by atoms with van der Waals surface area (Å²) in [5, 5.41) is 5.54. The summed E-state index contributed by atoms with van der Waals surface area (Å²) in [6.45, 7) is 4.47. The summed E-state index contributed by atoms with van der Waals surface area (Å²) in [5.41, 5.74) is 1.04. The van der Waals surface area contributed by atoms with Gasteiger partial charge in [0.05, 0.1) is 12.3 Å². The Bertz CT molecular complexity index is 544. The third kappa shape index (κ3) is 7.10. The van der Waals surface area contributed by atoms with Crippen LogP contribution in [-0.2, 0) is 10.0 Å². The average Bonchev–Trinajstić information content (AvgIpc) is 2.40. The number of benzene rings is 1. The molecule has 0 saturated heterocycles. The Kier molecular flexibility index (Phi) is 6.64. The molecule has 0 aliphatic rings. The molecule has 0 spiro atoms. The summed E-state index contributed by atoms with van der Waals surface area (Å²) in [6.07, 6.45) is 1.08. The first-order valence-electron chi connectivity index (χ1n) is 6.83. The fourth-order valence-electron chi connectivity index (χ4n) is 1.90. The maximum Gasteiger partial charge on any atom is 0.315 e. The van der Waals surface area contributed by atoms with Gasteiger partial charge in [-0.05, 0) is 11.5 Å². The van der Waals surface area contributed by atoms with Gasteiger partial charge in [-0.25, -0.2) is 17.9 Å². The van der Waals surface area contributed by atoms with Crippen LogP contribution in [0.2, 0.25) is 0 Å². The molecule has 1 atom stereocenters. The summed E-state index contributed by atoms with van der Waals surface area (Å²) < 4.78 is 24.1. The van der Waals surface area contributed by atoms with Gasteiger partial charge in [-0.2, -0.15) is 0 Å². The van der Waals surface area contributed by atoms with E-state index < -0.39 is 10.0 Å². The van der Waals surface area contributed by atoms with E-state index in [4.69, 9.17) is 0 Å². The van der Waals surface area contributed by atoms with E-state index in [2.05, 4.69) is 15.4 Å². The molecule has 2 amide bonds. The molecule has 1 aromatic carbocycles. The molecule has 0 heterocycles. The Morgan fingerprint density at radius 2 is 1.76 bits per heavy atom. The fraction of sp³-hybridized carbons (Fsp3) is 0.500. The molecule has 0 fully saturated rings. The lowest BCUT2D eigenvalue weighted by Crippen LogP contribution is -2.42. The van der Waals surface area contributed by atoms with E-state index in [1.54, 1.807) is 0 Å². The van der Waals surface area contributed by atoms with E-state index in [1.165, 1.54) is 0 Å². The van der Waals surface area contributed by atoms with Crippen molar-refractivity contribution in [3.05, 3.63) is 35.9 Å². The normalized spacial score (nSPS) is 13.0. The Labute approximate surface area is 126 Å². The zero-order chi connectivity index (χ0) is 15.9. The van der Waals surface area contributed by atoms with Gasteiger partial charge in [-0.15, -0.1) is 0 Å². The Balaban J connectivity index is 2.47. The molecule has 1 rings (SSSR count). The van der Waals surface area contributed by atoms with Gasteiger partial charge in [-0.3, -0.25) is 0 Å². The van der Waals surface area contributed by atoms with Crippen molar-refractivity contribution in [2.45, 2.75) is 19.9 Å². The second-order valence-corrected chi connectivity index (χ2v) is 7.03. The summed E-state index contributed by atoms with van der Waals surface area (Å²) in [6, 6.07) is 9.33. The molecule has 0 bridgehead atoms. The number of amides is 2. The summed E-state index contributed by atoms with van der Waals surface area (Å²) in [7, 11) is -3.22. The predicted octanol–water partition coefficient (Wildman–Crippen LogP) is 1.23. The number of sulfonamides is 1. The van der Waals surface area contributed by atoms with E-state index in [0.717, 1.165) is 11.8 Å². The smallest absolute Gasteiger partial charge is 0.315 e. The minimum absolute atomic E-state index is 0.0888. The van der Waals surface area contributed by atoms with Crippen LogP contribution in [0.15, 0.2) is 30.3 Å². The molecule has 1 aromatic rings. The van der Waals surface area contributed by atoms with E-state index in [0.29, 0.717) is 0 Å². The molecular weight excluding hydrogens is 290 g/mol. The van der Waals surface area contributed by atoms with Crippen molar-refractivity contribution in [3.8, 4) is 0 Å². The number of carbonyl (C=O) groups excluding carboxylic acids is 1. The molecule has 6 nitrogen and oxygen atoms in total. The fourth-order valence-corrected chi connectivity index (χ4v) is 2.37. The van der Waals surface area contributed by atoms with Crippen LogP contribution < -0.4 is 15.4 Å². The molecule has 0 aliphatic heterocycles. The standard InChI is InChI=1S/C14H23N3O3S/c1-11(2)13(12-7-5-4-6-8-12)17-14(18)15-9-10-16-21(3,19)20/h4-8,11,13,16H,9-10H2,1-3H3,(H2,15,17,18). The highest BCUT2D eigenvalue weighted by molar-refractivity contribution is 7.88. The topological polar surface area (TPSA) is 87.3 Å². The Morgan fingerprint density at radius 1 is 1.14 bits per heavy atom. The monoisotopic (exact) mass is 313 g/mol. The van der Waals surface area contributed by atoms with Gasteiger partial charge >= 0.3 is 6.03 Å².